The minimum atomic E-state index is -0.730. The van der Waals surface area contributed by atoms with Gasteiger partial charge < -0.3 is 15.1 Å². The van der Waals surface area contributed by atoms with E-state index in [1.54, 1.807) is 16.5 Å². The maximum Gasteiger partial charge on any atom is 0.306 e. The fourth-order valence-corrected chi connectivity index (χ4v) is 5.82. The number of phenols is 1. The summed E-state index contributed by atoms with van der Waals surface area (Å²) in [5.74, 6) is -0.876. The van der Waals surface area contributed by atoms with E-state index in [9.17, 15) is 19.8 Å². The second-order valence-corrected chi connectivity index (χ2v) is 9.34. The van der Waals surface area contributed by atoms with Crippen LogP contribution < -0.4 is 10.5 Å². The number of carboxylic acids is 1. The molecule has 0 unspecified atom stereocenters. The molecule has 7 nitrogen and oxygen atoms in total. The second kappa shape index (κ2) is 7.06. The molecular weight excluding hydrogens is 442 g/mol. The van der Waals surface area contributed by atoms with Crippen LogP contribution in [-0.2, 0) is 4.79 Å². The van der Waals surface area contributed by atoms with E-state index in [0.29, 0.717) is 47.9 Å². The van der Waals surface area contributed by atoms with Gasteiger partial charge in [-0.3, -0.25) is 14.0 Å². The van der Waals surface area contributed by atoms with Crippen molar-refractivity contribution in [1.29, 1.82) is 0 Å². The van der Waals surface area contributed by atoms with Crippen LogP contribution in [0.3, 0.4) is 0 Å². The van der Waals surface area contributed by atoms with Gasteiger partial charge in [-0.15, -0.1) is 0 Å². The highest BCUT2D eigenvalue weighted by molar-refractivity contribution is 6.20. The number of pyridine rings is 1. The first-order valence-corrected chi connectivity index (χ1v) is 11.7. The number of phenolic OH excluding ortho intramolecular Hbond substituents is 1. The minimum Gasteiger partial charge on any atom is -0.507 e. The molecular formula is C28H21N3O4. The Morgan fingerprint density at radius 2 is 1.60 bits per heavy atom. The summed E-state index contributed by atoms with van der Waals surface area (Å²) in [7, 11) is 0. The number of carbonyl (C=O) groups is 1. The standard InChI is InChI=1S/C28H21N3O4/c32-23-10-8-20-25-17(23)4-2-6-22(25)31-26(29-20)18-7-9-21(30-13-11-15(12-14-30)28(34)35)16-3-1-5-19(24(16)18)27(31)33/h1-10,15,32H,11-14H2,(H,34,35). The van der Waals surface area contributed by atoms with Gasteiger partial charge in [-0.2, -0.15) is 0 Å². The number of benzene rings is 4. The van der Waals surface area contributed by atoms with Gasteiger partial charge in [0.15, 0.2) is 0 Å². The first kappa shape index (κ1) is 20.0. The lowest BCUT2D eigenvalue weighted by Gasteiger charge is -2.33. The molecule has 0 aliphatic carbocycles. The number of hydrogen-bond acceptors (Lipinski definition) is 5. The summed E-state index contributed by atoms with van der Waals surface area (Å²) >= 11 is 0. The van der Waals surface area contributed by atoms with E-state index in [-0.39, 0.29) is 17.2 Å². The summed E-state index contributed by atoms with van der Waals surface area (Å²) in [6.45, 7) is 1.32. The largest absolute Gasteiger partial charge is 0.507 e. The minimum absolute atomic E-state index is 0.148. The van der Waals surface area contributed by atoms with Crippen LogP contribution in [0.5, 0.6) is 5.75 Å². The molecule has 0 bridgehead atoms. The number of nitrogens with zero attached hydrogens (tertiary/aromatic N) is 3. The zero-order chi connectivity index (χ0) is 23.8. The van der Waals surface area contributed by atoms with Crippen molar-refractivity contribution in [2.24, 2.45) is 5.92 Å². The Hall–Kier alpha value is -4.39. The molecule has 6 aromatic rings. The van der Waals surface area contributed by atoms with Gasteiger partial charge in [0.2, 0.25) is 0 Å². The molecule has 172 valence electrons. The number of fused-ring (bicyclic) bond motifs is 3. The Morgan fingerprint density at radius 1 is 0.857 bits per heavy atom. The van der Waals surface area contributed by atoms with Crippen LogP contribution in [0, 0.1) is 5.92 Å². The Morgan fingerprint density at radius 3 is 2.40 bits per heavy atom. The number of anilines is 1. The van der Waals surface area contributed by atoms with Crippen LogP contribution in [-0.4, -0.2) is 38.7 Å². The zero-order valence-corrected chi connectivity index (χ0v) is 18.7. The first-order valence-electron chi connectivity index (χ1n) is 11.7. The van der Waals surface area contributed by atoms with Crippen molar-refractivity contribution in [3.8, 4) is 5.75 Å². The normalized spacial score (nSPS) is 15.3. The molecule has 1 saturated heterocycles. The van der Waals surface area contributed by atoms with Crippen LogP contribution in [0.1, 0.15) is 12.8 Å². The number of aromatic nitrogens is 2. The topological polar surface area (TPSA) is 95.1 Å². The summed E-state index contributed by atoms with van der Waals surface area (Å²) in [5.41, 5.74) is 2.88. The van der Waals surface area contributed by atoms with Gasteiger partial charge >= 0.3 is 5.97 Å². The third-order valence-electron chi connectivity index (χ3n) is 7.53. The van der Waals surface area contributed by atoms with Crippen LogP contribution in [0.4, 0.5) is 5.69 Å². The molecule has 1 aliphatic rings. The quantitative estimate of drug-likeness (QED) is 0.284. The van der Waals surface area contributed by atoms with Gasteiger partial charge in [0, 0.05) is 51.1 Å². The fraction of sp³-hybridized carbons (Fsp3) is 0.179. The Balaban J connectivity index is 1.55. The van der Waals surface area contributed by atoms with Gasteiger partial charge in [-0.1, -0.05) is 24.3 Å². The SMILES string of the molecule is O=C(O)C1CCN(c2ccc3c4c2cccc4c(=O)n2c4cccc5c(O)ccc(nc32)c54)CC1. The highest BCUT2D eigenvalue weighted by atomic mass is 16.4. The molecule has 0 saturated carbocycles. The highest BCUT2D eigenvalue weighted by Gasteiger charge is 2.26. The van der Waals surface area contributed by atoms with Crippen molar-refractivity contribution in [2.75, 3.05) is 18.0 Å². The van der Waals surface area contributed by atoms with Crippen molar-refractivity contribution in [3.63, 3.8) is 0 Å². The molecule has 1 aliphatic heterocycles. The summed E-state index contributed by atoms with van der Waals surface area (Å²) in [5, 5.41) is 24.5. The first-order chi connectivity index (χ1) is 17.0. The summed E-state index contributed by atoms with van der Waals surface area (Å²) in [6, 6.07) is 18.9. The molecule has 35 heavy (non-hydrogen) atoms. The zero-order valence-electron chi connectivity index (χ0n) is 18.7. The molecule has 0 radical (unpaired) electrons. The van der Waals surface area contributed by atoms with E-state index < -0.39 is 5.97 Å². The van der Waals surface area contributed by atoms with Crippen molar-refractivity contribution in [3.05, 3.63) is 71.0 Å². The smallest absolute Gasteiger partial charge is 0.306 e. The lowest BCUT2D eigenvalue weighted by molar-refractivity contribution is -0.142. The summed E-state index contributed by atoms with van der Waals surface area (Å²) in [4.78, 5) is 32.4. The van der Waals surface area contributed by atoms with Gasteiger partial charge in [0.1, 0.15) is 11.4 Å². The summed E-state index contributed by atoms with van der Waals surface area (Å²) < 4.78 is 1.66. The monoisotopic (exact) mass is 463 g/mol. The molecule has 4 aromatic carbocycles. The number of piperidine rings is 1. The van der Waals surface area contributed by atoms with E-state index in [1.807, 2.05) is 42.5 Å². The van der Waals surface area contributed by atoms with Crippen molar-refractivity contribution >= 4 is 60.7 Å². The average Bonchev–Trinajstić information content (AvgIpc) is 2.88. The van der Waals surface area contributed by atoms with Crippen LogP contribution >= 0.6 is 0 Å². The Labute approximate surface area is 198 Å². The van der Waals surface area contributed by atoms with Gasteiger partial charge in [0.05, 0.1) is 17.0 Å². The van der Waals surface area contributed by atoms with Gasteiger partial charge in [-0.25, -0.2) is 4.98 Å². The highest BCUT2D eigenvalue weighted by Crippen LogP contribution is 2.38. The molecule has 0 spiro atoms. The average molecular weight is 463 g/mol. The van der Waals surface area contributed by atoms with E-state index in [4.69, 9.17) is 4.98 Å². The number of hydrogen-bond donors (Lipinski definition) is 2. The molecule has 7 rings (SSSR count). The molecule has 1 fully saturated rings. The van der Waals surface area contributed by atoms with Crippen LogP contribution in [0.25, 0.3) is 49.0 Å². The molecule has 2 N–H and O–H groups in total. The van der Waals surface area contributed by atoms with Crippen LogP contribution in [0.2, 0.25) is 0 Å². The predicted octanol–water partition coefficient (Wildman–Crippen LogP) is 4.75. The molecule has 3 heterocycles. The van der Waals surface area contributed by atoms with Crippen LogP contribution in [0.15, 0.2) is 65.5 Å². The molecule has 2 aromatic heterocycles. The number of carboxylic acid groups (broad SMARTS) is 1. The van der Waals surface area contributed by atoms with E-state index in [0.717, 1.165) is 32.7 Å². The van der Waals surface area contributed by atoms with Gasteiger partial charge in [0.25, 0.3) is 5.56 Å². The lowest BCUT2D eigenvalue weighted by atomic mass is 9.95. The Bertz CT molecular complexity index is 1880. The van der Waals surface area contributed by atoms with Crippen molar-refractivity contribution < 1.29 is 15.0 Å². The van der Waals surface area contributed by atoms with Crippen molar-refractivity contribution in [1.82, 2.24) is 9.38 Å². The van der Waals surface area contributed by atoms with Crippen molar-refractivity contribution in [2.45, 2.75) is 12.8 Å². The maximum absolute atomic E-state index is 13.9. The molecule has 0 amide bonds. The van der Waals surface area contributed by atoms with E-state index >= 15 is 0 Å². The third-order valence-corrected chi connectivity index (χ3v) is 7.53. The van der Waals surface area contributed by atoms with Gasteiger partial charge in [-0.05, 0) is 49.2 Å². The maximum atomic E-state index is 13.9. The fourth-order valence-electron chi connectivity index (χ4n) is 5.82. The second-order valence-electron chi connectivity index (χ2n) is 9.34. The third kappa shape index (κ3) is 2.69. The number of rotatable bonds is 2. The predicted molar refractivity (Wildman–Crippen MR) is 137 cm³/mol. The summed E-state index contributed by atoms with van der Waals surface area (Å²) in [6.07, 6.45) is 1.21. The van der Waals surface area contributed by atoms with E-state index in [2.05, 4.69) is 11.0 Å². The number of aliphatic carboxylic acids is 1. The lowest BCUT2D eigenvalue weighted by Crippen LogP contribution is -2.36. The number of aromatic hydroxyl groups is 1. The molecule has 0 atom stereocenters. The molecule has 7 heteroatoms. The Kier molecular flexibility index (Phi) is 4.04. The van der Waals surface area contributed by atoms with E-state index in [1.165, 1.54) is 0 Å².